The van der Waals surface area contributed by atoms with Crippen molar-refractivity contribution in [2.24, 2.45) is 5.41 Å². The molecule has 0 bridgehead atoms. The molecule has 1 atom stereocenters. The topological polar surface area (TPSA) is 84.0 Å². The van der Waals surface area contributed by atoms with Crippen LogP contribution in [0.2, 0.25) is 0 Å². The quantitative estimate of drug-likeness (QED) is 0.840. The molecule has 2 heterocycles. The molecule has 6 heteroatoms. The molecule has 2 aromatic rings. The van der Waals surface area contributed by atoms with Crippen LogP contribution in [0.5, 0.6) is 0 Å². The zero-order chi connectivity index (χ0) is 20.2. The Morgan fingerprint density at radius 2 is 1.79 bits per heavy atom. The molecule has 0 spiro atoms. The second-order valence-corrected chi connectivity index (χ2v) is 8.57. The highest BCUT2D eigenvalue weighted by Gasteiger charge is 2.42. The summed E-state index contributed by atoms with van der Waals surface area (Å²) in [6.07, 6.45) is 1.14. The monoisotopic (exact) mass is 379 g/mol. The molecule has 2 aliphatic rings. The van der Waals surface area contributed by atoms with Gasteiger partial charge >= 0.3 is 5.69 Å². The van der Waals surface area contributed by atoms with Crippen LogP contribution in [0.1, 0.15) is 56.2 Å². The maximum atomic E-state index is 13.2. The Morgan fingerprint density at radius 1 is 1.11 bits per heavy atom. The Labute approximate surface area is 163 Å². The summed E-state index contributed by atoms with van der Waals surface area (Å²) in [4.78, 5) is 40.8. The van der Waals surface area contributed by atoms with Crippen LogP contribution in [0, 0.1) is 12.3 Å². The number of ketones is 1. The molecule has 1 aromatic carbocycles. The zero-order valence-electron chi connectivity index (χ0n) is 16.7. The van der Waals surface area contributed by atoms with Crippen molar-refractivity contribution in [3.63, 3.8) is 0 Å². The molecule has 0 saturated carbocycles. The van der Waals surface area contributed by atoms with Crippen molar-refractivity contribution in [3.05, 3.63) is 73.1 Å². The van der Waals surface area contributed by atoms with Gasteiger partial charge in [0.15, 0.2) is 5.78 Å². The number of nitrogens with zero attached hydrogens (tertiary/aromatic N) is 1. The third-order valence-electron chi connectivity index (χ3n) is 5.73. The summed E-state index contributed by atoms with van der Waals surface area (Å²) in [7, 11) is 0. The highest BCUT2D eigenvalue weighted by atomic mass is 16.2. The Balaban J connectivity index is 2.05. The lowest BCUT2D eigenvalue weighted by molar-refractivity contribution is -0.118. The molecular formula is C22H25N3O3. The van der Waals surface area contributed by atoms with E-state index < -0.39 is 17.2 Å². The lowest BCUT2D eigenvalue weighted by Gasteiger charge is -2.39. The molecule has 4 rings (SSSR count). The minimum absolute atomic E-state index is 0.0589. The van der Waals surface area contributed by atoms with Crippen LogP contribution in [-0.2, 0) is 11.3 Å². The normalized spacial score (nSPS) is 20.4. The van der Waals surface area contributed by atoms with Gasteiger partial charge in [-0.3, -0.25) is 19.1 Å². The number of allylic oxidation sites excluding steroid dienone is 2. The maximum Gasteiger partial charge on any atom is 0.329 e. The third-order valence-corrected chi connectivity index (χ3v) is 5.73. The van der Waals surface area contributed by atoms with E-state index in [1.165, 1.54) is 4.57 Å². The summed E-state index contributed by atoms with van der Waals surface area (Å²) in [5.74, 6) is 0.0901. The van der Waals surface area contributed by atoms with Crippen LogP contribution in [0.4, 0.5) is 5.82 Å². The van der Waals surface area contributed by atoms with Gasteiger partial charge in [-0.15, -0.1) is 0 Å². The van der Waals surface area contributed by atoms with E-state index in [1.54, 1.807) is 0 Å². The maximum absolute atomic E-state index is 13.2. The van der Waals surface area contributed by atoms with E-state index in [0.717, 1.165) is 16.8 Å². The van der Waals surface area contributed by atoms with Gasteiger partial charge in [0, 0.05) is 30.2 Å². The largest absolute Gasteiger partial charge is 0.344 e. The number of anilines is 1. The molecule has 1 aliphatic heterocycles. The number of hydrogen-bond acceptors (Lipinski definition) is 4. The van der Waals surface area contributed by atoms with Gasteiger partial charge in [0.1, 0.15) is 5.82 Å². The minimum Gasteiger partial charge on any atom is -0.344 e. The summed E-state index contributed by atoms with van der Waals surface area (Å²) in [6, 6.07) is 7.90. The van der Waals surface area contributed by atoms with Crippen molar-refractivity contribution in [2.75, 3.05) is 5.32 Å². The second kappa shape index (κ2) is 6.33. The van der Waals surface area contributed by atoms with Crippen molar-refractivity contribution < 1.29 is 4.79 Å². The minimum atomic E-state index is -0.474. The zero-order valence-corrected chi connectivity index (χ0v) is 16.7. The summed E-state index contributed by atoms with van der Waals surface area (Å²) >= 11 is 0. The summed E-state index contributed by atoms with van der Waals surface area (Å²) < 4.78 is 1.54. The molecule has 0 saturated heterocycles. The van der Waals surface area contributed by atoms with Crippen LogP contribution in [0.3, 0.4) is 0 Å². The molecule has 6 nitrogen and oxygen atoms in total. The number of carbonyl (C=O) groups is 1. The summed E-state index contributed by atoms with van der Waals surface area (Å²) in [5.41, 5.74) is 2.87. The Morgan fingerprint density at radius 3 is 2.43 bits per heavy atom. The summed E-state index contributed by atoms with van der Waals surface area (Å²) in [5, 5.41) is 3.30. The van der Waals surface area contributed by atoms with E-state index in [0.29, 0.717) is 36.3 Å². The van der Waals surface area contributed by atoms with Gasteiger partial charge in [0.25, 0.3) is 5.56 Å². The molecule has 1 aliphatic carbocycles. The van der Waals surface area contributed by atoms with Gasteiger partial charge in [-0.1, -0.05) is 43.7 Å². The number of aromatic amines is 1. The number of carbonyl (C=O) groups excluding carboxylic acids is 1. The molecular weight excluding hydrogens is 354 g/mol. The number of aromatic nitrogens is 2. The number of nitrogens with one attached hydrogen (secondary N) is 2. The molecule has 28 heavy (non-hydrogen) atoms. The molecule has 0 fully saturated rings. The van der Waals surface area contributed by atoms with Gasteiger partial charge in [0.2, 0.25) is 0 Å². The van der Waals surface area contributed by atoms with E-state index in [4.69, 9.17) is 0 Å². The lowest BCUT2D eigenvalue weighted by Crippen LogP contribution is -2.41. The van der Waals surface area contributed by atoms with Crippen molar-refractivity contribution in [3.8, 4) is 0 Å². The number of hydrogen-bond donors (Lipinski definition) is 2. The number of benzene rings is 1. The van der Waals surface area contributed by atoms with Crippen molar-refractivity contribution in [1.29, 1.82) is 0 Å². The van der Waals surface area contributed by atoms with E-state index in [9.17, 15) is 14.4 Å². The average Bonchev–Trinajstić information content (AvgIpc) is 2.60. The molecule has 1 aromatic heterocycles. The predicted molar refractivity (Wildman–Crippen MR) is 109 cm³/mol. The third kappa shape index (κ3) is 2.84. The smallest absolute Gasteiger partial charge is 0.329 e. The van der Waals surface area contributed by atoms with Crippen LogP contribution >= 0.6 is 0 Å². The Kier molecular flexibility index (Phi) is 4.17. The molecule has 2 N–H and O–H groups in total. The van der Waals surface area contributed by atoms with E-state index >= 15 is 0 Å². The number of rotatable bonds is 2. The predicted octanol–water partition coefficient (Wildman–Crippen LogP) is 3.07. The van der Waals surface area contributed by atoms with Crippen LogP contribution < -0.4 is 16.6 Å². The van der Waals surface area contributed by atoms with Gasteiger partial charge in [-0.2, -0.15) is 0 Å². The Bertz CT molecular complexity index is 1120. The van der Waals surface area contributed by atoms with Crippen molar-refractivity contribution in [1.82, 2.24) is 9.55 Å². The van der Waals surface area contributed by atoms with E-state index in [1.807, 2.05) is 38.1 Å². The molecule has 0 amide bonds. The van der Waals surface area contributed by atoms with E-state index in [-0.39, 0.29) is 11.2 Å². The van der Waals surface area contributed by atoms with Gasteiger partial charge in [-0.05, 0) is 31.2 Å². The fourth-order valence-corrected chi connectivity index (χ4v) is 4.45. The first-order valence-corrected chi connectivity index (χ1v) is 9.68. The fraction of sp³-hybridized carbons (Fsp3) is 0.409. The van der Waals surface area contributed by atoms with Gasteiger partial charge < -0.3 is 5.32 Å². The Hall–Kier alpha value is -2.89. The summed E-state index contributed by atoms with van der Waals surface area (Å²) in [6.45, 7) is 8.42. The van der Waals surface area contributed by atoms with Crippen LogP contribution in [0.15, 0.2) is 45.1 Å². The number of aryl methyl sites for hydroxylation is 1. The first-order valence-electron chi connectivity index (χ1n) is 9.68. The first-order chi connectivity index (χ1) is 13.2. The second-order valence-electron chi connectivity index (χ2n) is 8.57. The molecule has 1 unspecified atom stereocenters. The number of H-pyrrole nitrogens is 1. The lowest BCUT2D eigenvalue weighted by atomic mass is 9.69. The van der Waals surface area contributed by atoms with Crippen molar-refractivity contribution in [2.45, 2.75) is 53.0 Å². The SMILES string of the molecule is CCn1c2c(c(=O)[nH]c1=O)C(c1ccc(C)cc1)C1=C(CC(C)(C)CC1=O)N2. The molecule has 146 valence electrons. The highest BCUT2D eigenvalue weighted by molar-refractivity contribution is 6.01. The standard InChI is InChI=1S/C22H25N3O3/c1-5-25-19-18(20(27)24-21(25)28)16(13-8-6-12(2)7-9-13)17-14(23-19)10-22(3,4)11-15(17)26/h6-9,16,23H,5,10-11H2,1-4H3,(H,24,27,28). The average molecular weight is 379 g/mol. The highest BCUT2D eigenvalue weighted by Crippen LogP contribution is 2.47. The fourth-order valence-electron chi connectivity index (χ4n) is 4.45. The van der Waals surface area contributed by atoms with Gasteiger partial charge in [0.05, 0.1) is 5.56 Å². The van der Waals surface area contributed by atoms with Crippen LogP contribution in [-0.4, -0.2) is 15.3 Å². The van der Waals surface area contributed by atoms with Crippen molar-refractivity contribution >= 4 is 11.6 Å². The van der Waals surface area contributed by atoms with Crippen LogP contribution in [0.25, 0.3) is 0 Å². The van der Waals surface area contributed by atoms with E-state index in [2.05, 4.69) is 24.1 Å². The molecule has 0 radical (unpaired) electrons. The first kappa shape index (κ1) is 18.5. The number of Topliss-reactive ketones (excluding diaryl/α,β-unsaturated/α-hetero) is 1. The van der Waals surface area contributed by atoms with Gasteiger partial charge in [-0.25, -0.2) is 4.79 Å². The number of fused-ring (bicyclic) bond motifs is 1.